The van der Waals surface area contributed by atoms with Gasteiger partial charge in [0.05, 0.1) is 18.8 Å². The Labute approximate surface area is 73.9 Å². The number of ketones is 1. The Bertz CT molecular complexity index is 192. The number of hydrogen-bond acceptors (Lipinski definition) is 2. The number of carbonyl (C=O) groups excluding carboxylic acids is 1. The van der Waals surface area contributed by atoms with Crippen LogP contribution in [0.1, 0.15) is 20.3 Å². The molecule has 12 heavy (non-hydrogen) atoms. The first-order valence-electron chi connectivity index (χ1n) is 3.97. The third kappa shape index (κ3) is 3.37. The number of carbonyl (C=O) groups is 1. The Morgan fingerprint density at radius 2 is 2.25 bits per heavy atom. The molecule has 0 aliphatic rings. The maximum Gasteiger partial charge on any atom is 0.140 e. The molecule has 0 rings (SSSR count). The minimum absolute atomic E-state index is 0.0972. The largest absolute Gasteiger partial charge is 0.501 e. The molecule has 0 spiro atoms. The zero-order valence-corrected chi connectivity index (χ0v) is 7.96. The predicted molar refractivity (Wildman–Crippen MR) is 49.8 cm³/mol. The van der Waals surface area contributed by atoms with E-state index in [-0.39, 0.29) is 11.7 Å². The van der Waals surface area contributed by atoms with E-state index in [1.807, 2.05) is 19.1 Å². The lowest BCUT2D eigenvalue weighted by atomic mass is 9.99. The van der Waals surface area contributed by atoms with Gasteiger partial charge in [-0.3, -0.25) is 4.79 Å². The summed E-state index contributed by atoms with van der Waals surface area (Å²) < 4.78 is 4.92. The number of rotatable bonds is 5. The van der Waals surface area contributed by atoms with Crippen LogP contribution in [0.3, 0.4) is 0 Å². The van der Waals surface area contributed by atoms with E-state index in [2.05, 4.69) is 6.58 Å². The molecular formula is C10H16O2. The monoisotopic (exact) mass is 168 g/mol. The molecule has 0 aromatic carbocycles. The Morgan fingerprint density at radius 3 is 2.58 bits per heavy atom. The van der Waals surface area contributed by atoms with E-state index in [0.29, 0.717) is 12.2 Å². The van der Waals surface area contributed by atoms with Crippen LogP contribution in [-0.4, -0.2) is 12.9 Å². The molecule has 2 heteroatoms. The molecule has 0 N–H and O–H groups in total. The van der Waals surface area contributed by atoms with E-state index in [1.54, 1.807) is 6.92 Å². The Hall–Kier alpha value is -1.05. The average molecular weight is 168 g/mol. The van der Waals surface area contributed by atoms with Gasteiger partial charge in [0.15, 0.2) is 0 Å². The van der Waals surface area contributed by atoms with Crippen LogP contribution in [0.2, 0.25) is 0 Å². The zero-order valence-electron chi connectivity index (χ0n) is 7.96. The molecule has 0 aliphatic carbocycles. The highest BCUT2D eigenvalue weighted by atomic mass is 16.5. The van der Waals surface area contributed by atoms with E-state index in [1.165, 1.54) is 7.11 Å². The van der Waals surface area contributed by atoms with Crippen molar-refractivity contribution in [3.8, 4) is 0 Å². The molecule has 0 aliphatic heterocycles. The van der Waals surface area contributed by atoms with Crippen molar-refractivity contribution in [2.45, 2.75) is 20.3 Å². The number of methoxy groups -OCH3 is 1. The second-order valence-corrected chi connectivity index (χ2v) is 2.64. The maximum absolute atomic E-state index is 11.1. The molecule has 0 saturated carbocycles. The molecule has 0 fully saturated rings. The summed E-state index contributed by atoms with van der Waals surface area (Å²) in [6, 6.07) is 0. The van der Waals surface area contributed by atoms with Crippen LogP contribution in [0.4, 0.5) is 0 Å². The normalized spacial score (nSPS) is 12.9. The average Bonchev–Trinajstić information content (AvgIpc) is 2.04. The molecule has 0 aromatic rings. The topological polar surface area (TPSA) is 26.3 Å². The second-order valence-electron chi connectivity index (χ2n) is 2.64. The number of allylic oxidation sites excluding steroid dienone is 3. The van der Waals surface area contributed by atoms with Gasteiger partial charge in [-0.15, -0.1) is 0 Å². The van der Waals surface area contributed by atoms with E-state index in [4.69, 9.17) is 4.74 Å². The summed E-state index contributed by atoms with van der Waals surface area (Å²) in [4.78, 5) is 11.1. The third-order valence-electron chi connectivity index (χ3n) is 1.75. The van der Waals surface area contributed by atoms with E-state index in [0.717, 1.165) is 0 Å². The molecule has 0 radical (unpaired) electrons. The van der Waals surface area contributed by atoms with Crippen LogP contribution in [-0.2, 0) is 9.53 Å². The van der Waals surface area contributed by atoms with Crippen LogP contribution >= 0.6 is 0 Å². The summed E-state index contributed by atoms with van der Waals surface area (Å²) in [5, 5.41) is 0. The molecule has 1 atom stereocenters. The van der Waals surface area contributed by atoms with Gasteiger partial charge in [0.2, 0.25) is 0 Å². The first-order chi connectivity index (χ1) is 5.63. The van der Waals surface area contributed by atoms with Crippen LogP contribution in [0, 0.1) is 5.92 Å². The third-order valence-corrected chi connectivity index (χ3v) is 1.75. The fraction of sp³-hybridized carbons (Fsp3) is 0.500. The first kappa shape index (κ1) is 11.0. The lowest BCUT2D eigenvalue weighted by molar-refractivity contribution is -0.120. The van der Waals surface area contributed by atoms with Gasteiger partial charge in [-0.2, -0.15) is 0 Å². The molecule has 1 unspecified atom stereocenters. The van der Waals surface area contributed by atoms with Crippen molar-refractivity contribution in [3.05, 3.63) is 24.5 Å². The number of ether oxygens (including phenoxy) is 1. The fourth-order valence-electron chi connectivity index (χ4n) is 0.939. The van der Waals surface area contributed by atoms with Gasteiger partial charge in [0.25, 0.3) is 0 Å². The van der Waals surface area contributed by atoms with Gasteiger partial charge in [0.1, 0.15) is 5.78 Å². The summed E-state index contributed by atoms with van der Waals surface area (Å²) in [6.07, 6.45) is 4.54. The minimum atomic E-state index is -0.189. The SMILES string of the molecule is C=C(OC)C(C/C=C\C)C(C)=O. The van der Waals surface area contributed by atoms with Crippen LogP contribution < -0.4 is 0 Å². The maximum atomic E-state index is 11.1. The van der Waals surface area contributed by atoms with E-state index >= 15 is 0 Å². The molecule has 0 saturated heterocycles. The molecule has 68 valence electrons. The van der Waals surface area contributed by atoms with E-state index in [9.17, 15) is 4.79 Å². The summed E-state index contributed by atoms with van der Waals surface area (Å²) in [5.74, 6) is 0.451. The zero-order chi connectivity index (χ0) is 9.56. The molecule has 0 heterocycles. The van der Waals surface area contributed by atoms with Gasteiger partial charge in [-0.05, 0) is 20.3 Å². The van der Waals surface area contributed by atoms with Crippen molar-refractivity contribution < 1.29 is 9.53 Å². The first-order valence-corrected chi connectivity index (χ1v) is 3.97. The number of hydrogen-bond donors (Lipinski definition) is 0. The van der Waals surface area contributed by atoms with Gasteiger partial charge in [-0.25, -0.2) is 0 Å². The highest BCUT2D eigenvalue weighted by Gasteiger charge is 2.16. The quantitative estimate of drug-likeness (QED) is 0.465. The van der Waals surface area contributed by atoms with E-state index < -0.39 is 0 Å². The molecule has 0 amide bonds. The predicted octanol–water partition coefficient (Wildman–Crippen LogP) is 2.32. The Kier molecular flexibility index (Phi) is 5.09. The summed E-state index contributed by atoms with van der Waals surface area (Å²) in [7, 11) is 1.54. The number of Topliss-reactive ketones (excluding diaryl/α,β-unsaturated/α-hetero) is 1. The summed E-state index contributed by atoms with van der Waals surface area (Å²) >= 11 is 0. The van der Waals surface area contributed by atoms with Gasteiger partial charge >= 0.3 is 0 Å². The molecule has 0 bridgehead atoms. The molecule has 2 nitrogen and oxygen atoms in total. The lowest BCUT2D eigenvalue weighted by Gasteiger charge is -2.12. The van der Waals surface area contributed by atoms with Crippen molar-refractivity contribution in [1.29, 1.82) is 0 Å². The van der Waals surface area contributed by atoms with Crippen molar-refractivity contribution in [2.24, 2.45) is 5.92 Å². The molecule has 0 aromatic heterocycles. The summed E-state index contributed by atoms with van der Waals surface area (Å²) in [6.45, 7) is 7.15. The van der Waals surface area contributed by atoms with Crippen molar-refractivity contribution in [1.82, 2.24) is 0 Å². The highest BCUT2D eigenvalue weighted by Crippen LogP contribution is 2.15. The van der Waals surface area contributed by atoms with Crippen molar-refractivity contribution in [3.63, 3.8) is 0 Å². The van der Waals surface area contributed by atoms with Crippen molar-refractivity contribution in [2.75, 3.05) is 7.11 Å². The Morgan fingerprint density at radius 1 is 1.67 bits per heavy atom. The Balaban J connectivity index is 4.23. The molecular weight excluding hydrogens is 152 g/mol. The van der Waals surface area contributed by atoms with Gasteiger partial charge in [0, 0.05) is 0 Å². The van der Waals surface area contributed by atoms with Gasteiger partial charge < -0.3 is 4.74 Å². The highest BCUT2D eigenvalue weighted by molar-refractivity contribution is 5.80. The van der Waals surface area contributed by atoms with Gasteiger partial charge in [-0.1, -0.05) is 18.7 Å². The van der Waals surface area contributed by atoms with Crippen LogP contribution in [0.5, 0.6) is 0 Å². The van der Waals surface area contributed by atoms with Crippen LogP contribution in [0.15, 0.2) is 24.5 Å². The fourth-order valence-corrected chi connectivity index (χ4v) is 0.939. The van der Waals surface area contributed by atoms with Crippen LogP contribution in [0.25, 0.3) is 0 Å². The smallest absolute Gasteiger partial charge is 0.140 e. The van der Waals surface area contributed by atoms with Crippen molar-refractivity contribution >= 4 is 5.78 Å². The lowest BCUT2D eigenvalue weighted by Crippen LogP contribution is -2.13. The second kappa shape index (κ2) is 5.58. The minimum Gasteiger partial charge on any atom is -0.501 e. The summed E-state index contributed by atoms with van der Waals surface area (Å²) in [5.41, 5.74) is 0. The standard InChI is InChI=1S/C10H16O2/c1-5-6-7-10(8(2)11)9(3)12-4/h5-6,10H,3,7H2,1-2,4H3/b6-5-.